The first kappa shape index (κ1) is 31.8. The highest BCUT2D eigenvalue weighted by Crippen LogP contribution is 2.36. The summed E-state index contributed by atoms with van der Waals surface area (Å²) in [6.45, 7) is 7.81. The fourth-order valence-electron chi connectivity index (χ4n) is 6.34. The van der Waals surface area contributed by atoms with Crippen molar-refractivity contribution in [2.45, 2.75) is 38.6 Å². The van der Waals surface area contributed by atoms with Crippen LogP contribution in [0.1, 0.15) is 39.8 Å². The van der Waals surface area contributed by atoms with Crippen molar-refractivity contribution in [1.82, 2.24) is 35.4 Å². The normalized spacial score (nSPS) is 15.0. The first-order chi connectivity index (χ1) is 22.7. The van der Waals surface area contributed by atoms with Crippen molar-refractivity contribution < 1.29 is 9.84 Å². The van der Waals surface area contributed by atoms with E-state index in [0.717, 1.165) is 93.7 Å². The zero-order valence-electron chi connectivity index (χ0n) is 26.7. The van der Waals surface area contributed by atoms with E-state index in [4.69, 9.17) is 4.74 Å². The molecule has 0 aliphatic carbocycles. The fraction of sp³-hybridized carbons (Fsp3) is 0.351. The van der Waals surface area contributed by atoms with Gasteiger partial charge in [0.15, 0.2) is 0 Å². The summed E-state index contributed by atoms with van der Waals surface area (Å²) in [5, 5.41) is 18.7. The minimum atomic E-state index is -0.0607. The van der Waals surface area contributed by atoms with Gasteiger partial charge in [-0.15, -0.1) is 0 Å². The molecule has 5 aromatic rings. The van der Waals surface area contributed by atoms with Crippen LogP contribution in [0.5, 0.6) is 5.75 Å². The van der Waals surface area contributed by atoms with Gasteiger partial charge in [-0.05, 0) is 65.6 Å². The van der Waals surface area contributed by atoms with Gasteiger partial charge in [-0.25, -0.2) is 0 Å². The van der Waals surface area contributed by atoms with Crippen LogP contribution in [0.3, 0.4) is 0 Å². The Morgan fingerprint density at radius 1 is 0.891 bits per heavy atom. The number of methoxy groups -OCH3 is 1. The zero-order chi connectivity index (χ0) is 31.6. The Bertz CT molecular complexity index is 1600. The summed E-state index contributed by atoms with van der Waals surface area (Å²) in [4.78, 5) is 17.3. The number of aromatic amines is 1. The molecule has 3 aromatic heterocycles. The molecule has 6 rings (SSSR count). The molecule has 0 spiro atoms. The third-order valence-electron chi connectivity index (χ3n) is 8.83. The van der Waals surface area contributed by atoms with Gasteiger partial charge >= 0.3 is 0 Å². The Morgan fingerprint density at radius 3 is 2.17 bits per heavy atom. The number of ether oxygens (including phenoxy) is 1. The van der Waals surface area contributed by atoms with E-state index >= 15 is 0 Å². The van der Waals surface area contributed by atoms with Crippen LogP contribution in [0, 0.1) is 0 Å². The number of aliphatic hydroxyl groups excluding tert-OH is 1. The Hall–Kier alpha value is -4.12. The Balaban J connectivity index is 1.05. The van der Waals surface area contributed by atoms with E-state index in [2.05, 4.69) is 83.9 Å². The smallest absolute Gasteiger partial charge is 0.119 e. The SMILES string of the molecule is COc1ccc2[nH]c3c(c2c1)CCN(Cc1ccc(CN(CCNCc2ccccn2)CCNCc2ccccn2)cc1)[C@H]3CO. The molecule has 46 heavy (non-hydrogen) atoms. The van der Waals surface area contributed by atoms with Gasteiger partial charge < -0.3 is 25.5 Å². The molecule has 0 radical (unpaired) electrons. The predicted octanol–water partition coefficient (Wildman–Crippen LogP) is 4.44. The lowest BCUT2D eigenvalue weighted by Crippen LogP contribution is -2.37. The summed E-state index contributed by atoms with van der Waals surface area (Å²) < 4.78 is 5.46. The molecule has 0 bridgehead atoms. The van der Waals surface area contributed by atoms with E-state index in [1.165, 1.54) is 22.1 Å². The second-order valence-electron chi connectivity index (χ2n) is 11.9. The number of fused-ring (bicyclic) bond motifs is 3. The summed E-state index contributed by atoms with van der Waals surface area (Å²) >= 11 is 0. The molecule has 0 saturated carbocycles. The maximum absolute atomic E-state index is 10.5. The van der Waals surface area contributed by atoms with Crippen LogP contribution in [0.25, 0.3) is 10.9 Å². The van der Waals surface area contributed by atoms with Gasteiger partial charge in [0.05, 0.1) is 31.1 Å². The summed E-state index contributed by atoms with van der Waals surface area (Å²) in [6, 6.07) is 27.1. The average Bonchev–Trinajstić information content (AvgIpc) is 3.48. The topological polar surface area (TPSA) is 102 Å². The van der Waals surface area contributed by atoms with Crippen molar-refractivity contribution in [3.63, 3.8) is 0 Å². The molecule has 0 amide bonds. The molecule has 4 heterocycles. The van der Waals surface area contributed by atoms with Gasteiger partial charge in [-0.3, -0.25) is 19.8 Å². The highest BCUT2D eigenvalue weighted by molar-refractivity contribution is 5.86. The van der Waals surface area contributed by atoms with Crippen LogP contribution < -0.4 is 15.4 Å². The molecule has 1 aliphatic heterocycles. The molecule has 4 N–H and O–H groups in total. The Morgan fingerprint density at radius 2 is 1.57 bits per heavy atom. The fourth-order valence-corrected chi connectivity index (χ4v) is 6.34. The van der Waals surface area contributed by atoms with E-state index < -0.39 is 0 Å². The maximum atomic E-state index is 10.5. The number of nitrogens with zero attached hydrogens (tertiary/aromatic N) is 4. The van der Waals surface area contributed by atoms with Gasteiger partial charge in [-0.2, -0.15) is 0 Å². The molecule has 9 heteroatoms. The standard InChI is InChI=1S/C37H45N7O2/c1-46-32-12-13-35-34(22-32)33-14-19-44(36(27-45)37(33)42-35)26-29-10-8-28(9-11-29)25-43(20-17-38-23-30-6-2-4-15-40-30)21-18-39-24-31-7-3-5-16-41-31/h2-13,15-16,22,36,38-39,42,45H,14,17-21,23-27H2,1H3/t36-/m0/s1. The van der Waals surface area contributed by atoms with E-state index in [1.807, 2.05) is 42.7 Å². The van der Waals surface area contributed by atoms with Crippen LogP contribution >= 0.6 is 0 Å². The zero-order valence-corrected chi connectivity index (χ0v) is 26.7. The summed E-state index contributed by atoms with van der Waals surface area (Å²) in [5.74, 6) is 0.859. The molecule has 0 saturated heterocycles. The molecular weight excluding hydrogens is 574 g/mol. The largest absolute Gasteiger partial charge is 0.497 e. The third kappa shape index (κ3) is 8.17. The van der Waals surface area contributed by atoms with Crippen molar-refractivity contribution in [3.8, 4) is 5.75 Å². The molecule has 9 nitrogen and oxygen atoms in total. The number of aliphatic hydroxyl groups is 1. The predicted molar refractivity (Wildman–Crippen MR) is 182 cm³/mol. The summed E-state index contributed by atoms with van der Waals surface area (Å²) in [7, 11) is 1.70. The van der Waals surface area contributed by atoms with Gasteiger partial charge in [-0.1, -0.05) is 36.4 Å². The number of H-pyrrole nitrogens is 1. The number of hydrogen-bond acceptors (Lipinski definition) is 8. The first-order valence-electron chi connectivity index (χ1n) is 16.2. The van der Waals surface area contributed by atoms with Gasteiger partial charge in [0.1, 0.15) is 5.75 Å². The minimum Gasteiger partial charge on any atom is -0.497 e. The molecule has 1 aliphatic rings. The second kappa shape index (κ2) is 15.9. The Kier molecular flexibility index (Phi) is 11.0. The van der Waals surface area contributed by atoms with E-state index in [1.54, 1.807) is 7.11 Å². The molecule has 1 atom stereocenters. The van der Waals surface area contributed by atoms with Crippen LogP contribution in [-0.4, -0.2) is 76.3 Å². The first-order valence-corrected chi connectivity index (χ1v) is 16.2. The number of benzene rings is 2. The molecule has 240 valence electrons. The number of pyridine rings is 2. The molecular formula is C37H45N7O2. The highest BCUT2D eigenvalue weighted by Gasteiger charge is 2.30. The summed E-state index contributed by atoms with van der Waals surface area (Å²) in [5.41, 5.74) is 8.17. The van der Waals surface area contributed by atoms with E-state index in [9.17, 15) is 5.11 Å². The van der Waals surface area contributed by atoms with Gasteiger partial charge in [0.2, 0.25) is 0 Å². The number of aromatic nitrogens is 3. The minimum absolute atomic E-state index is 0.0607. The quantitative estimate of drug-likeness (QED) is 0.120. The molecule has 2 aromatic carbocycles. The molecule has 0 unspecified atom stereocenters. The van der Waals surface area contributed by atoms with Crippen LogP contribution in [-0.2, 0) is 32.6 Å². The number of rotatable bonds is 16. The van der Waals surface area contributed by atoms with Crippen molar-refractivity contribution in [2.24, 2.45) is 0 Å². The Labute approximate surface area is 271 Å². The second-order valence-corrected chi connectivity index (χ2v) is 11.9. The number of hydrogen-bond donors (Lipinski definition) is 4. The lowest BCUT2D eigenvalue weighted by atomic mass is 9.97. The highest BCUT2D eigenvalue weighted by atomic mass is 16.5. The van der Waals surface area contributed by atoms with Crippen LogP contribution in [0.15, 0.2) is 91.3 Å². The maximum Gasteiger partial charge on any atom is 0.119 e. The molecule has 0 fully saturated rings. The average molecular weight is 620 g/mol. The van der Waals surface area contributed by atoms with E-state index in [0.29, 0.717) is 0 Å². The summed E-state index contributed by atoms with van der Waals surface area (Å²) in [6.07, 6.45) is 4.62. The van der Waals surface area contributed by atoms with Crippen molar-refractivity contribution in [1.29, 1.82) is 0 Å². The lowest BCUT2D eigenvalue weighted by Gasteiger charge is -2.34. The van der Waals surface area contributed by atoms with Crippen LogP contribution in [0.2, 0.25) is 0 Å². The lowest BCUT2D eigenvalue weighted by molar-refractivity contribution is 0.106. The number of nitrogens with one attached hydrogen (secondary N) is 3. The van der Waals surface area contributed by atoms with Crippen molar-refractivity contribution in [3.05, 3.63) is 125 Å². The third-order valence-corrected chi connectivity index (χ3v) is 8.83. The van der Waals surface area contributed by atoms with Gasteiger partial charge in [0, 0.05) is 87.9 Å². The van der Waals surface area contributed by atoms with Gasteiger partial charge in [0.25, 0.3) is 0 Å². The monoisotopic (exact) mass is 619 g/mol. The van der Waals surface area contributed by atoms with Crippen molar-refractivity contribution in [2.75, 3.05) is 46.4 Å². The van der Waals surface area contributed by atoms with Crippen molar-refractivity contribution >= 4 is 10.9 Å². The van der Waals surface area contributed by atoms with E-state index in [-0.39, 0.29) is 12.6 Å². The van der Waals surface area contributed by atoms with Crippen LogP contribution in [0.4, 0.5) is 0 Å².